The van der Waals surface area contributed by atoms with E-state index in [1.165, 1.54) is 11.3 Å². The fourth-order valence-electron chi connectivity index (χ4n) is 4.26. The number of thiophene rings is 1. The monoisotopic (exact) mass is 590 g/mol. The molecule has 5 N–H and O–H groups in total. The van der Waals surface area contributed by atoms with Crippen molar-refractivity contribution >= 4 is 68.0 Å². The van der Waals surface area contributed by atoms with Crippen molar-refractivity contribution in [3.05, 3.63) is 70.6 Å². The molecule has 0 aliphatic carbocycles. The summed E-state index contributed by atoms with van der Waals surface area (Å²) in [4.78, 5) is 21.9. The molecule has 5 rings (SSSR count). The van der Waals surface area contributed by atoms with Gasteiger partial charge in [-0.15, -0.1) is 11.3 Å². The number of fused-ring (bicyclic) bond motifs is 1. The Bertz CT molecular complexity index is 1730. The van der Waals surface area contributed by atoms with Gasteiger partial charge in [-0.1, -0.05) is 23.7 Å². The lowest BCUT2D eigenvalue weighted by molar-refractivity contribution is 0.262. The first-order chi connectivity index (χ1) is 19.8. The number of benzene rings is 3. The fourth-order valence-corrected chi connectivity index (χ4v) is 5.30. The van der Waals surface area contributed by atoms with E-state index in [0.29, 0.717) is 56.6 Å². The quantitative estimate of drug-likeness (QED) is 0.148. The Morgan fingerprint density at radius 1 is 0.902 bits per heavy atom. The molecule has 2 aromatic heterocycles. The van der Waals surface area contributed by atoms with Crippen LogP contribution < -0.4 is 35.9 Å². The number of aryl methyl sites for hydroxylation is 1. The molecule has 2 amide bonds. The molecule has 0 saturated heterocycles. The lowest BCUT2D eigenvalue weighted by atomic mass is 10.1. The number of nitrogens with one attached hydrogen (secondary N) is 3. The molecule has 0 fully saturated rings. The second kappa shape index (κ2) is 11.8. The lowest BCUT2D eigenvalue weighted by Crippen LogP contribution is -2.19. The van der Waals surface area contributed by atoms with Crippen molar-refractivity contribution in [3.63, 3.8) is 0 Å². The highest BCUT2D eigenvalue weighted by atomic mass is 35.5. The van der Waals surface area contributed by atoms with Gasteiger partial charge >= 0.3 is 6.03 Å². The molecule has 2 heterocycles. The van der Waals surface area contributed by atoms with Crippen LogP contribution in [0.1, 0.15) is 5.56 Å². The Kier molecular flexibility index (Phi) is 7.99. The van der Waals surface area contributed by atoms with Gasteiger partial charge in [0.25, 0.3) is 0 Å². The molecule has 0 saturated carbocycles. The summed E-state index contributed by atoms with van der Waals surface area (Å²) in [7, 11) is 4.63. The van der Waals surface area contributed by atoms with Gasteiger partial charge in [0, 0.05) is 45.2 Å². The molecule has 5 aromatic rings. The maximum atomic E-state index is 12.7. The molecule has 0 radical (unpaired) electrons. The third-order valence-corrected chi connectivity index (χ3v) is 7.63. The second-order valence-electron chi connectivity index (χ2n) is 8.92. The minimum Gasteiger partial charge on any atom is -0.493 e. The van der Waals surface area contributed by atoms with Gasteiger partial charge < -0.3 is 35.9 Å². The third kappa shape index (κ3) is 5.91. The lowest BCUT2D eigenvalue weighted by Gasteiger charge is -2.15. The summed E-state index contributed by atoms with van der Waals surface area (Å²) in [5, 5.41) is 11.5. The van der Waals surface area contributed by atoms with E-state index in [1.807, 2.05) is 42.6 Å². The van der Waals surface area contributed by atoms with E-state index in [-0.39, 0.29) is 6.03 Å². The standard InChI is InChI=1S/C29H27ClN6O4S/c1-15-10-18(8-9-21(15)30)34-29(37)33-17-7-5-6-16(11-17)20-14-41-26-24(20)35-28(36-27(26)31)32-19-12-22(38-2)25(40-4)23(13-19)39-3/h5-14H,1-4H3,(H2,33,34,37)(H3,31,32,35,36). The van der Waals surface area contributed by atoms with Gasteiger partial charge in [-0.25, -0.2) is 9.78 Å². The van der Waals surface area contributed by atoms with Crippen molar-refractivity contribution in [3.8, 4) is 28.4 Å². The van der Waals surface area contributed by atoms with Gasteiger partial charge in [0.15, 0.2) is 11.5 Å². The summed E-state index contributed by atoms with van der Waals surface area (Å²) >= 11 is 7.53. The molecule has 41 heavy (non-hydrogen) atoms. The summed E-state index contributed by atoms with van der Waals surface area (Å²) in [6, 6.07) is 15.9. The van der Waals surface area contributed by atoms with Crippen molar-refractivity contribution in [1.29, 1.82) is 0 Å². The van der Waals surface area contributed by atoms with Crippen LogP contribution in [0.2, 0.25) is 5.02 Å². The predicted molar refractivity (Wildman–Crippen MR) is 165 cm³/mol. The van der Waals surface area contributed by atoms with Crippen molar-refractivity contribution in [1.82, 2.24) is 9.97 Å². The first kappa shape index (κ1) is 27.8. The van der Waals surface area contributed by atoms with Crippen LogP contribution in [0.3, 0.4) is 0 Å². The highest BCUT2D eigenvalue weighted by Gasteiger charge is 2.17. The molecule has 10 nitrogen and oxygen atoms in total. The van der Waals surface area contributed by atoms with E-state index in [4.69, 9.17) is 36.5 Å². The molecule has 0 unspecified atom stereocenters. The van der Waals surface area contributed by atoms with Crippen LogP contribution in [0, 0.1) is 6.92 Å². The van der Waals surface area contributed by atoms with Crippen molar-refractivity contribution in [2.24, 2.45) is 0 Å². The summed E-state index contributed by atoms with van der Waals surface area (Å²) in [6.45, 7) is 1.88. The van der Waals surface area contributed by atoms with Gasteiger partial charge in [0.05, 0.1) is 31.5 Å². The fraction of sp³-hybridized carbons (Fsp3) is 0.138. The van der Waals surface area contributed by atoms with E-state index in [1.54, 1.807) is 45.6 Å². The smallest absolute Gasteiger partial charge is 0.323 e. The zero-order valence-electron chi connectivity index (χ0n) is 22.7. The second-order valence-corrected chi connectivity index (χ2v) is 10.2. The predicted octanol–water partition coefficient (Wildman–Crippen LogP) is 7.32. The SMILES string of the molecule is COc1cc(Nc2nc(N)c3scc(-c4cccc(NC(=O)Nc5ccc(Cl)c(C)c5)c4)c3n2)cc(OC)c1OC. The van der Waals surface area contributed by atoms with Gasteiger partial charge in [-0.3, -0.25) is 0 Å². The molecule has 0 aliphatic heterocycles. The number of urea groups is 1. The normalized spacial score (nSPS) is 10.8. The highest BCUT2D eigenvalue weighted by Crippen LogP contribution is 2.41. The van der Waals surface area contributed by atoms with Crippen molar-refractivity contribution in [2.45, 2.75) is 6.92 Å². The van der Waals surface area contributed by atoms with E-state index in [9.17, 15) is 4.79 Å². The molecule has 0 spiro atoms. The molecule has 12 heteroatoms. The van der Waals surface area contributed by atoms with Gasteiger partial charge in [0.2, 0.25) is 11.7 Å². The van der Waals surface area contributed by atoms with Gasteiger partial charge in [-0.05, 0) is 48.4 Å². The Morgan fingerprint density at radius 2 is 1.61 bits per heavy atom. The zero-order valence-corrected chi connectivity index (χ0v) is 24.2. The number of ether oxygens (including phenoxy) is 3. The molecule has 3 aromatic carbocycles. The van der Waals surface area contributed by atoms with Crippen LogP contribution in [0.15, 0.2) is 60.0 Å². The van der Waals surface area contributed by atoms with E-state index >= 15 is 0 Å². The zero-order chi connectivity index (χ0) is 29.1. The molecule has 210 valence electrons. The van der Waals surface area contributed by atoms with E-state index in [2.05, 4.69) is 20.9 Å². The molecule has 0 aliphatic rings. The number of methoxy groups -OCH3 is 3. The number of hydrogen-bond donors (Lipinski definition) is 4. The number of rotatable bonds is 8. The van der Waals surface area contributed by atoms with Crippen molar-refractivity contribution < 1.29 is 19.0 Å². The van der Waals surface area contributed by atoms with Crippen LogP contribution in [-0.4, -0.2) is 37.3 Å². The van der Waals surface area contributed by atoms with E-state index < -0.39 is 0 Å². The Hall–Kier alpha value is -4.74. The number of nitrogen functional groups attached to an aromatic ring is 1. The largest absolute Gasteiger partial charge is 0.493 e. The number of carbonyl (C=O) groups is 1. The van der Waals surface area contributed by atoms with Crippen LogP contribution >= 0.6 is 22.9 Å². The number of amides is 2. The number of hydrogen-bond acceptors (Lipinski definition) is 9. The number of aromatic nitrogens is 2. The number of carbonyl (C=O) groups excluding carboxylic acids is 1. The maximum Gasteiger partial charge on any atom is 0.323 e. The Morgan fingerprint density at radius 3 is 2.27 bits per heavy atom. The number of halogens is 1. The first-order valence-corrected chi connectivity index (χ1v) is 13.6. The van der Waals surface area contributed by atoms with Crippen LogP contribution in [0.25, 0.3) is 21.3 Å². The van der Waals surface area contributed by atoms with E-state index in [0.717, 1.165) is 21.4 Å². The maximum absolute atomic E-state index is 12.7. The van der Waals surface area contributed by atoms with Gasteiger partial charge in [0.1, 0.15) is 5.82 Å². The third-order valence-electron chi connectivity index (χ3n) is 6.21. The summed E-state index contributed by atoms with van der Waals surface area (Å²) < 4.78 is 17.1. The van der Waals surface area contributed by atoms with Gasteiger partial charge in [-0.2, -0.15) is 4.98 Å². The summed E-state index contributed by atoms with van der Waals surface area (Å²) in [5.74, 6) is 2.09. The number of anilines is 5. The summed E-state index contributed by atoms with van der Waals surface area (Å²) in [5.41, 5.74) is 11.5. The van der Waals surface area contributed by atoms with Crippen molar-refractivity contribution in [2.75, 3.05) is 43.0 Å². The first-order valence-electron chi connectivity index (χ1n) is 12.4. The highest BCUT2D eigenvalue weighted by molar-refractivity contribution is 7.18. The van der Waals surface area contributed by atoms with Crippen LogP contribution in [-0.2, 0) is 0 Å². The minimum absolute atomic E-state index is 0.302. The number of nitrogens with two attached hydrogens (primary N) is 1. The number of nitrogens with zero attached hydrogens (tertiary/aromatic N) is 2. The average Bonchev–Trinajstić information content (AvgIpc) is 3.39. The molecule has 0 bridgehead atoms. The Labute approximate surface area is 245 Å². The average molecular weight is 591 g/mol. The van der Waals surface area contributed by atoms with Crippen LogP contribution in [0.5, 0.6) is 17.2 Å². The molecular formula is C29H27ClN6O4S. The van der Waals surface area contributed by atoms with Crippen LogP contribution in [0.4, 0.5) is 33.6 Å². The molecular weight excluding hydrogens is 564 g/mol. The summed E-state index contributed by atoms with van der Waals surface area (Å²) in [6.07, 6.45) is 0. The molecule has 0 atom stereocenters. The minimum atomic E-state index is -0.373. The topological polar surface area (TPSA) is 133 Å². The Balaban J connectivity index is 1.42.